The van der Waals surface area contributed by atoms with E-state index in [0.29, 0.717) is 6.42 Å². The average Bonchev–Trinajstić information content (AvgIpc) is 2.53. The third-order valence-electron chi connectivity index (χ3n) is 3.34. The topological polar surface area (TPSA) is 89.3 Å². The van der Waals surface area contributed by atoms with Crippen molar-refractivity contribution in [3.63, 3.8) is 0 Å². The van der Waals surface area contributed by atoms with E-state index in [-0.39, 0.29) is 16.6 Å². The van der Waals surface area contributed by atoms with Gasteiger partial charge in [-0.05, 0) is 36.2 Å². The maximum Gasteiger partial charge on any atom is 0.269 e. The zero-order chi connectivity index (χ0) is 17.0. The summed E-state index contributed by atoms with van der Waals surface area (Å²) in [7, 11) is -3.76. The minimum absolute atomic E-state index is 0.00124. The van der Waals surface area contributed by atoms with Gasteiger partial charge in [0.2, 0.25) is 10.0 Å². The second-order valence-electron chi connectivity index (χ2n) is 4.88. The number of hydrogen-bond acceptors (Lipinski definition) is 4. The summed E-state index contributed by atoms with van der Waals surface area (Å²) in [5.74, 6) is 0. The van der Waals surface area contributed by atoms with E-state index in [1.165, 1.54) is 24.3 Å². The fraction of sp³-hybridized carbons (Fsp3) is 0.200. The molecular weight excluding hydrogens is 384 g/mol. The molecule has 2 rings (SSSR count). The number of nitrogens with one attached hydrogen (secondary N) is 1. The van der Waals surface area contributed by atoms with Crippen LogP contribution in [-0.2, 0) is 10.0 Å². The smallest absolute Gasteiger partial charge is 0.258 e. The summed E-state index contributed by atoms with van der Waals surface area (Å²) in [5.41, 5.74) is 0.699. The molecule has 0 unspecified atom stereocenters. The highest BCUT2D eigenvalue weighted by molar-refractivity contribution is 9.10. The number of nitro groups is 1. The van der Waals surface area contributed by atoms with Crippen molar-refractivity contribution in [2.75, 3.05) is 0 Å². The van der Waals surface area contributed by atoms with Crippen LogP contribution < -0.4 is 4.72 Å². The Hall–Kier alpha value is -1.77. The fourth-order valence-corrected chi connectivity index (χ4v) is 3.66. The van der Waals surface area contributed by atoms with Crippen LogP contribution in [0.4, 0.5) is 5.69 Å². The van der Waals surface area contributed by atoms with Gasteiger partial charge in [-0.3, -0.25) is 10.1 Å². The number of non-ortho nitro benzene ring substituents is 1. The van der Waals surface area contributed by atoms with Gasteiger partial charge in [0, 0.05) is 22.6 Å². The van der Waals surface area contributed by atoms with Crippen LogP contribution in [0.3, 0.4) is 0 Å². The first-order valence-electron chi connectivity index (χ1n) is 6.85. The standard InChI is InChI=1S/C15H15BrN2O4S/c1-2-15(11-3-5-12(16)6-4-11)17-23(21,22)14-9-7-13(8-10-14)18(19)20/h3-10,15,17H,2H2,1H3/t15-/m0/s1. The molecule has 8 heteroatoms. The molecule has 0 amide bonds. The fourth-order valence-electron chi connectivity index (χ4n) is 2.08. The summed E-state index contributed by atoms with van der Waals surface area (Å²) in [6.45, 7) is 1.88. The van der Waals surface area contributed by atoms with Gasteiger partial charge in [0.15, 0.2) is 0 Å². The van der Waals surface area contributed by atoms with E-state index in [1.54, 1.807) is 0 Å². The summed E-state index contributed by atoms with van der Waals surface area (Å²) in [4.78, 5) is 10.1. The van der Waals surface area contributed by atoms with E-state index in [2.05, 4.69) is 20.7 Å². The molecule has 0 spiro atoms. The number of halogens is 1. The predicted molar refractivity (Wildman–Crippen MR) is 90.6 cm³/mol. The van der Waals surface area contributed by atoms with Crippen molar-refractivity contribution in [3.8, 4) is 0 Å². The lowest BCUT2D eigenvalue weighted by Crippen LogP contribution is -2.28. The largest absolute Gasteiger partial charge is 0.269 e. The van der Waals surface area contributed by atoms with Crippen LogP contribution in [0, 0.1) is 10.1 Å². The van der Waals surface area contributed by atoms with Crippen LogP contribution in [0.5, 0.6) is 0 Å². The van der Waals surface area contributed by atoms with E-state index >= 15 is 0 Å². The molecule has 0 aliphatic heterocycles. The minimum atomic E-state index is -3.76. The molecule has 2 aromatic carbocycles. The molecule has 6 nitrogen and oxygen atoms in total. The quantitative estimate of drug-likeness (QED) is 0.591. The Balaban J connectivity index is 2.24. The normalized spacial score (nSPS) is 12.8. The van der Waals surface area contributed by atoms with Crippen molar-refractivity contribution < 1.29 is 13.3 Å². The van der Waals surface area contributed by atoms with E-state index in [4.69, 9.17) is 0 Å². The first-order chi connectivity index (χ1) is 10.8. The molecule has 0 aliphatic rings. The molecule has 0 aliphatic carbocycles. The highest BCUT2D eigenvalue weighted by Crippen LogP contribution is 2.23. The number of nitro benzene ring substituents is 1. The third-order valence-corrected chi connectivity index (χ3v) is 5.35. The van der Waals surface area contributed by atoms with E-state index in [0.717, 1.165) is 10.0 Å². The zero-order valence-corrected chi connectivity index (χ0v) is 14.7. The van der Waals surface area contributed by atoms with Crippen molar-refractivity contribution in [1.82, 2.24) is 4.72 Å². The van der Waals surface area contributed by atoms with Gasteiger partial charge in [0.1, 0.15) is 0 Å². The van der Waals surface area contributed by atoms with Crippen LogP contribution >= 0.6 is 15.9 Å². The Bertz CT molecular complexity index is 789. The Morgan fingerprint density at radius 1 is 1.13 bits per heavy atom. The minimum Gasteiger partial charge on any atom is -0.258 e. The monoisotopic (exact) mass is 398 g/mol. The van der Waals surface area contributed by atoms with Gasteiger partial charge in [0.25, 0.3) is 5.69 Å². The first kappa shape index (κ1) is 17.6. The molecule has 0 saturated heterocycles. The Kier molecular flexibility index (Phi) is 5.51. The van der Waals surface area contributed by atoms with Crippen LogP contribution in [0.2, 0.25) is 0 Å². The second-order valence-corrected chi connectivity index (χ2v) is 7.51. The molecule has 1 N–H and O–H groups in total. The number of nitrogens with zero attached hydrogens (tertiary/aromatic N) is 1. The lowest BCUT2D eigenvalue weighted by atomic mass is 10.1. The van der Waals surface area contributed by atoms with Gasteiger partial charge in [-0.15, -0.1) is 0 Å². The maximum absolute atomic E-state index is 12.4. The van der Waals surface area contributed by atoms with Crippen molar-refractivity contribution in [3.05, 3.63) is 68.7 Å². The molecule has 0 aromatic heterocycles. The number of hydrogen-bond donors (Lipinski definition) is 1. The Morgan fingerprint density at radius 3 is 2.17 bits per heavy atom. The number of rotatable bonds is 6. The second kappa shape index (κ2) is 7.20. The van der Waals surface area contributed by atoms with Crippen LogP contribution in [0.1, 0.15) is 24.9 Å². The molecule has 0 saturated carbocycles. The van der Waals surface area contributed by atoms with Crippen molar-refractivity contribution >= 4 is 31.6 Å². The average molecular weight is 399 g/mol. The zero-order valence-electron chi connectivity index (χ0n) is 12.3. The van der Waals surface area contributed by atoms with E-state index < -0.39 is 14.9 Å². The van der Waals surface area contributed by atoms with Crippen molar-refractivity contribution in [1.29, 1.82) is 0 Å². The van der Waals surface area contributed by atoms with Gasteiger partial charge in [-0.2, -0.15) is 0 Å². The summed E-state index contributed by atoms with van der Waals surface area (Å²) < 4.78 is 28.4. The molecular formula is C15H15BrN2O4S. The Labute approximate surface area is 142 Å². The van der Waals surface area contributed by atoms with Gasteiger partial charge >= 0.3 is 0 Å². The van der Waals surface area contributed by atoms with E-state index in [9.17, 15) is 18.5 Å². The number of benzene rings is 2. The highest BCUT2D eigenvalue weighted by atomic mass is 79.9. The molecule has 0 heterocycles. The van der Waals surface area contributed by atoms with Crippen molar-refractivity contribution in [2.45, 2.75) is 24.3 Å². The van der Waals surface area contributed by atoms with Gasteiger partial charge in [-0.25, -0.2) is 13.1 Å². The lowest BCUT2D eigenvalue weighted by Gasteiger charge is -2.17. The molecule has 0 bridgehead atoms. The molecule has 2 aromatic rings. The summed E-state index contributed by atoms with van der Waals surface area (Å²) >= 11 is 3.34. The highest BCUT2D eigenvalue weighted by Gasteiger charge is 2.21. The SMILES string of the molecule is CC[C@H](NS(=O)(=O)c1ccc([N+](=O)[O-])cc1)c1ccc(Br)cc1. The van der Waals surface area contributed by atoms with Crippen molar-refractivity contribution in [2.24, 2.45) is 0 Å². The summed E-state index contributed by atoms with van der Waals surface area (Å²) in [5, 5.41) is 10.6. The molecule has 0 fully saturated rings. The Morgan fingerprint density at radius 2 is 1.70 bits per heavy atom. The van der Waals surface area contributed by atoms with Crippen LogP contribution in [0.25, 0.3) is 0 Å². The molecule has 23 heavy (non-hydrogen) atoms. The third kappa shape index (κ3) is 4.37. The summed E-state index contributed by atoms with van der Waals surface area (Å²) in [6, 6.07) is 11.8. The molecule has 1 atom stereocenters. The van der Waals surface area contributed by atoms with Gasteiger partial charge in [0.05, 0.1) is 9.82 Å². The molecule has 0 radical (unpaired) electrons. The predicted octanol–water partition coefficient (Wildman–Crippen LogP) is 3.79. The van der Waals surface area contributed by atoms with E-state index in [1.807, 2.05) is 31.2 Å². The first-order valence-corrected chi connectivity index (χ1v) is 9.13. The van der Waals surface area contributed by atoms with Gasteiger partial charge in [-0.1, -0.05) is 35.0 Å². The van der Waals surface area contributed by atoms with Gasteiger partial charge < -0.3 is 0 Å². The summed E-state index contributed by atoms with van der Waals surface area (Å²) in [6.07, 6.45) is 0.577. The molecule has 122 valence electrons. The van der Waals surface area contributed by atoms with Crippen LogP contribution in [-0.4, -0.2) is 13.3 Å². The van der Waals surface area contributed by atoms with Crippen LogP contribution in [0.15, 0.2) is 57.9 Å². The number of sulfonamides is 1. The lowest BCUT2D eigenvalue weighted by molar-refractivity contribution is -0.384. The maximum atomic E-state index is 12.4.